The van der Waals surface area contributed by atoms with E-state index in [0.717, 1.165) is 61.9 Å². The van der Waals surface area contributed by atoms with E-state index in [1.54, 1.807) is 6.08 Å². The van der Waals surface area contributed by atoms with Crippen LogP contribution >= 0.6 is 0 Å². The molecule has 2 aliphatic heterocycles. The van der Waals surface area contributed by atoms with Gasteiger partial charge in [0.25, 0.3) is 0 Å². The Labute approximate surface area is 179 Å². The number of para-hydroxylation sites is 1. The smallest absolute Gasteiger partial charge is 0.246 e. The predicted molar refractivity (Wildman–Crippen MR) is 121 cm³/mol. The van der Waals surface area contributed by atoms with Crippen molar-refractivity contribution in [2.45, 2.75) is 26.7 Å². The maximum atomic E-state index is 12.7. The van der Waals surface area contributed by atoms with Crippen LogP contribution in [-0.2, 0) is 4.79 Å². The Morgan fingerprint density at radius 3 is 2.23 bits per heavy atom. The summed E-state index contributed by atoms with van der Waals surface area (Å²) in [4.78, 5) is 19.7. The molecule has 6 heteroatoms. The highest BCUT2D eigenvalue weighted by Gasteiger charge is 2.21. The third-order valence-corrected chi connectivity index (χ3v) is 6.36. The number of aryl methyl sites for hydroxylation is 1. The number of hydrogen-bond acceptors (Lipinski definition) is 4. The van der Waals surface area contributed by atoms with Crippen LogP contribution in [0.1, 0.15) is 29.8 Å². The first-order chi connectivity index (χ1) is 14.6. The summed E-state index contributed by atoms with van der Waals surface area (Å²) in [5.41, 5.74) is 4.05. The number of carbonyl (C=O) groups excluding carboxylic acids is 1. The monoisotopic (exact) mass is 407 g/mol. The van der Waals surface area contributed by atoms with Crippen molar-refractivity contribution in [3.05, 3.63) is 53.4 Å². The Kier molecular flexibility index (Phi) is 6.65. The summed E-state index contributed by atoms with van der Waals surface area (Å²) in [6.45, 7) is 12.4. The maximum absolute atomic E-state index is 12.7. The van der Waals surface area contributed by atoms with Crippen LogP contribution in [0.5, 0.6) is 0 Å². The lowest BCUT2D eigenvalue weighted by Crippen LogP contribution is -2.49. The molecule has 1 aromatic carbocycles. The van der Waals surface area contributed by atoms with E-state index in [0.29, 0.717) is 0 Å². The van der Waals surface area contributed by atoms with Gasteiger partial charge in [-0.25, -0.2) is 4.68 Å². The third-order valence-electron chi connectivity index (χ3n) is 6.36. The molecule has 3 heterocycles. The van der Waals surface area contributed by atoms with E-state index >= 15 is 0 Å². The number of aromatic nitrogens is 2. The molecule has 0 saturated carbocycles. The van der Waals surface area contributed by atoms with Crippen molar-refractivity contribution < 1.29 is 4.79 Å². The molecule has 0 atom stereocenters. The average molecular weight is 408 g/mol. The fourth-order valence-electron chi connectivity index (χ4n) is 4.46. The second kappa shape index (κ2) is 9.58. The van der Waals surface area contributed by atoms with Crippen molar-refractivity contribution in [1.29, 1.82) is 0 Å². The highest BCUT2D eigenvalue weighted by Crippen LogP contribution is 2.19. The molecule has 2 aromatic rings. The normalized spacial score (nSPS) is 18.5. The zero-order valence-electron chi connectivity index (χ0n) is 18.3. The molecule has 4 rings (SSSR count). The molecule has 0 N–H and O–H groups in total. The average Bonchev–Trinajstić information content (AvgIpc) is 3.39. The maximum Gasteiger partial charge on any atom is 0.246 e. The highest BCUT2D eigenvalue weighted by atomic mass is 16.2. The number of nitrogens with zero attached hydrogens (tertiary/aromatic N) is 5. The van der Waals surface area contributed by atoms with E-state index < -0.39 is 0 Å². The molecule has 2 saturated heterocycles. The Bertz CT molecular complexity index is 875. The molecule has 30 heavy (non-hydrogen) atoms. The van der Waals surface area contributed by atoms with E-state index in [-0.39, 0.29) is 5.91 Å². The molecule has 0 radical (unpaired) electrons. The first-order valence-corrected chi connectivity index (χ1v) is 11.1. The molecular formula is C24H33N5O. The summed E-state index contributed by atoms with van der Waals surface area (Å²) in [7, 11) is 0. The van der Waals surface area contributed by atoms with Crippen molar-refractivity contribution >= 4 is 12.0 Å². The van der Waals surface area contributed by atoms with Crippen LogP contribution in [0.4, 0.5) is 0 Å². The molecule has 2 aliphatic rings. The SMILES string of the molecule is Cc1nn(-c2ccccc2)c(C)c1/C=C/C(=O)N1CCN(CCN2CCCC2)CC1. The van der Waals surface area contributed by atoms with Gasteiger partial charge >= 0.3 is 0 Å². The van der Waals surface area contributed by atoms with E-state index in [9.17, 15) is 4.79 Å². The van der Waals surface area contributed by atoms with Gasteiger partial charge < -0.3 is 9.80 Å². The minimum Gasteiger partial charge on any atom is -0.337 e. The first kappa shape index (κ1) is 20.8. The van der Waals surface area contributed by atoms with Crippen molar-refractivity contribution in [2.24, 2.45) is 0 Å². The van der Waals surface area contributed by atoms with Crippen LogP contribution in [0.3, 0.4) is 0 Å². The van der Waals surface area contributed by atoms with Crippen molar-refractivity contribution in [1.82, 2.24) is 24.5 Å². The number of amides is 1. The van der Waals surface area contributed by atoms with Crippen LogP contribution < -0.4 is 0 Å². The molecule has 1 aromatic heterocycles. The van der Waals surface area contributed by atoms with Crippen molar-refractivity contribution in [2.75, 3.05) is 52.4 Å². The zero-order valence-corrected chi connectivity index (χ0v) is 18.3. The van der Waals surface area contributed by atoms with Crippen LogP contribution in [0, 0.1) is 13.8 Å². The minimum absolute atomic E-state index is 0.0976. The second-order valence-corrected chi connectivity index (χ2v) is 8.38. The summed E-state index contributed by atoms with van der Waals surface area (Å²) in [5, 5.41) is 4.66. The Balaban J connectivity index is 1.32. The molecule has 0 aliphatic carbocycles. The third kappa shape index (κ3) is 4.82. The fraction of sp³-hybridized carbons (Fsp3) is 0.500. The first-order valence-electron chi connectivity index (χ1n) is 11.1. The lowest BCUT2D eigenvalue weighted by atomic mass is 10.1. The van der Waals surface area contributed by atoms with E-state index in [1.165, 1.54) is 25.9 Å². The predicted octanol–water partition coefficient (Wildman–Crippen LogP) is 2.74. The number of hydrogen-bond donors (Lipinski definition) is 0. The number of carbonyl (C=O) groups is 1. The van der Waals surface area contributed by atoms with Gasteiger partial charge in [0.05, 0.1) is 11.4 Å². The molecule has 160 valence electrons. The lowest BCUT2D eigenvalue weighted by molar-refractivity contribution is -0.127. The zero-order chi connectivity index (χ0) is 20.9. The molecule has 6 nitrogen and oxygen atoms in total. The number of likely N-dealkylation sites (tertiary alicyclic amines) is 1. The number of benzene rings is 1. The summed E-state index contributed by atoms with van der Waals surface area (Å²) in [6, 6.07) is 10.1. The number of rotatable bonds is 6. The van der Waals surface area contributed by atoms with E-state index in [1.807, 2.05) is 52.9 Å². The van der Waals surface area contributed by atoms with Gasteiger partial charge in [0.1, 0.15) is 0 Å². The quantitative estimate of drug-likeness (QED) is 0.691. The van der Waals surface area contributed by atoms with Crippen LogP contribution in [-0.4, -0.2) is 82.7 Å². The minimum atomic E-state index is 0.0976. The van der Waals surface area contributed by atoms with Gasteiger partial charge in [-0.15, -0.1) is 0 Å². The summed E-state index contributed by atoms with van der Waals surface area (Å²) >= 11 is 0. The van der Waals surface area contributed by atoms with Gasteiger partial charge in [-0.1, -0.05) is 18.2 Å². The van der Waals surface area contributed by atoms with Gasteiger partial charge in [0, 0.05) is 56.6 Å². The molecule has 0 bridgehead atoms. The Morgan fingerprint density at radius 2 is 1.57 bits per heavy atom. The van der Waals surface area contributed by atoms with Crippen molar-refractivity contribution in [3.63, 3.8) is 0 Å². The van der Waals surface area contributed by atoms with Gasteiger partial charge in [0.15, 0.2) is 0 Å². The topological polar surface area (TPSA) is 44.6 Å². The van der Waals surface area contributed by atoms with Crippen LogP contribution in [0.2, 0.25) is 0 Å². The van der Waals surface area contributed by atoms with E-state index in [4.69, 9.17) is 0 Å². The summed E-state index contributed by atoms with van der Waals surface area (Å²) in [5.74, 6) is 0.0976. The largest absolute Gasteiger partial charge is 0.337 e. The standard InChI is InChI=1S/C24H33N5O/c1-20-23(21(2)29(25-20)22-8-4-3-5-9-22)10-11-24(30)28-18-16-27(17-19-28)15-14-26-12-6-7-13-26/h3-5,8-11H,6-7,12-19H2,1-2H3/b11-10+. The molecule has 2 fully saturated rings. The van der Waals surface area contributed by atoms with Gasteiger partial charge in [-0.3, -0.25) is 9.69 Å². The molecular weight excluding hydrogens is 374 g/mol. The fourth-order valence-corrected chi connectivity index (χ4v) is 4.46. The summed E-state index contributed by atoms with van der Waals surface area (Å²) < 4.78 is 1.94. The molecule has 0 unspecified atom stereocenters. The Hall–Kier alpha value is -2.44. The second-order valence-electron chi connectivity index (χ2n) is 8.38. The lowest BCUT2D eigenvalue weighted by Gasteiger charge is -2.35. The van der Waals surface area contributed by atoms with Crippen LogP contribution in [0.15, 0.2) is 36.4 Å². The van der Waals surface area contributed by atoms with Crippen molar-refractivity contribution in [3.8, 4) is 5.69 Å². The Morgan fingerprint density at radius 1 is 0.933 bits per heavy atom. The van der Waals surface area contributed by atoms with Gasteiger partial charge in [-0.05, 0) is 58.0 Å². The highest BCUT2D eigenvalue weighted by molar-refractivity contribution is 5.92. The number of piperazine rings is 1. The van der Waals surface area contributed by atoms with Gasteiger partial charge in [-0.2, -0.15) is 5.10 Å². The molecule has 0 spiro atoms. The van der Waals surface area contributed by atoms with Crippen LogP contribution in [0.25, 0.3) is 11.8 Å². The van der Waals surface area contributed by atoms with Gasteiger partial charge in [0.2, 0.25) is 5.91 Å². The summed E-state index contributed by atoms with van der Waals surface area (Å²) in [6.07, 6.45) is 6.33. The molecule has 1 amide bonds. The van der Waals surface area contributed by atoms with E-state index in [2.05, 4.69) is 21.8 Å².